The van der Waals surface area contributed by atoms with E-state index in [4.69, 9.17) is 4.74 Å². The van der Waals surface area contributed by atoms with Crippen LogP contribution in [0.5, 0.6) is 5.75 Å². The van der Waals surface area contributed by atoms with Crippen LogP contribution in [0.3, 0.4) is 0 Å². The van der Waals surface area contributed by atoms with Gasteiger partial charge in [0.25, 0.3) is 5.91 Å². The van der Waals surface area contributed by atoms with E-state index in [1.807, 2.05) is 52.8 Å². The fourth-order valence-electron chi connectivity index (χ4n) is 2.68. The minimum Gasteiger partial charge on any atom is -0.484 e. The number of benzene rings is 2. The Labute approximate surface area is 161 Å². The lowest BCUT2D eigenvalue weighted by Crippen LogP contribution is -2.36. The van der Waals surface area contributed by atoms with Crippen molar-refractivity contribution in [2.24, 2.45) is 5.41 Å². The summed E-state index contributed by atoms with van der Waals surface area (Å²) in [6, 6.07) is 13.0. The summed E-state index contributed by atoms with van der Waals surface area (Å²) in [4.78, 5) is 26.1. The highest BCUT2D eigenvalue weighted by Gasteiger charge is 2.25. The molecule has 0 saturated heterocycles. The van der Waals surface area contributed by atoms with Crippen molar-refractivity contribution in [3.8, 4) is 5.75 Å². The summed E-state index contributed by atoms with van der Waals surface area (Å²) in [7, 11) is 1.75. The van der Waals surface area contributed by atoms with Crippen molar-refractivity contribution in [1.29, 1.82) is 0 Å². The molecule has 0 radical (unpaired) electrons. The lowest BCUT2D eigenvalue weighted by Gasteiger charge is -2.26. The lowest BCUT2D eigenvalue weighted by molar-refractivity contribution is -0.125. The van der Waals surface area contributed by atoms with Gasteiger partial charge in [0.05, 0.1) is 0 Å². The zero-order valence-corrected chi connectivity index (χ0v) is 16.9. The number of carbonyl (C=O) groups is 2. The summed E-state index contributed by atoms with van der Waals surface area (Å²) in [5.41, 5.74) is 3.28. The van der Waals surface area contributed by atoms with E-state index >= 15 is 0 Å². The topological polar surface area (TPSA) is 58.6 Å². The molecule has 2 aromatic rings. The molecule has 0 spiro atoms. The van der Waals surface area contributed by atoms with Crippen LogP contribution in [-0.4, -0.2) is 25.5 Å². The Balaban J connectivity index is 1.93. The van der Waals surface area contributed by atoms with Gasteiger partial charge in [0.15, 0.2) is 6.61 Å². The lowest BCUT2D eigenvalue weighted by atomic mass is 9.95. The maximum Gasteiger partial charge on any atom is 0.262 e. The summed E-state index contributed by atoms with van der Waals surface area (Å²) in [5.74, 6) is 0.390. The predicted octanol–water partition coefficient (Wildman–Crippen LogP) is 4.33. The molecule has 27 heavy (non-hydrogen) atoms. The van der Waals surface area contributed by atoms with Gasteiger partial charge >= 0.3 is 0 Å². The monoisotopic (exact) mass is 368 g/mol. The maximum absolute atomic E-state index is 12.3. The Morgan fingerprint density at radius 2 is 1.67 bits per heavy atom. The third-order valence-electron chi connectivity index (χ3n) is 4.20. The van der Waals surface area contributed by atoms with Crippen LogP contribution in [0.15, 0.2) is 42.5 Å². The van der Waals surface area contributed by atoms with Crippen molar-refractivity contribution in [3.63, 3.8) is 0 Å². The Morgan fingerprint density at radius 3 is 2.22 bits per heavy atom. The molecule has 0 saturated carbocycles. The van der Waals surface area contributed by atoms with Crippen LogP contribution in [0.25, 0.3) is 0 Å². The molecule has 0 aliphatic carbocycles. The van der Waals surface area contributed by atoms with Gasteiger partial charge in [0.1, 0.15) is 5.75 Å². The highest BCUT2D eigenvalue weighted by Crippen LogP contribution is 2.24. The summed E-state index contributed by atoms with van der Waals surface area (Å²) in [6.07, 6.45) is 0. The summed E-state index contributed by atoms with van der Waals surface area (Å²) >= 11 is 0. The van der Waals surface area contributed by atoms with Crippen LogP contribution in [-0.2, 0) is 9.59 Å². The first kappa shape index (κ1) is 20.5. The van der Waals surface area contributed by atoms with Gasteiger partial charge < -0.3 is 15.0 Å². The second kappa shape index (κ2) is 8.25. The number of hydrogen-bond acceptors (Lipinski definition) is 3. The van der Waals surface area contributed by atoms with Gasteiger partial charge in [-0.3, -0.25) is 9.59 Å². The van der Waals surface area contributed by atoms with E-state index in [0.29, 0.717) is 5.75 Å². The highest BCUT2D eigenvalue weighted by molar-refractivity contribution is 5.96. The third kappa shape index (κ3) is 5.58. The molecule has 0 fully saturated rings. The molecule has 0 aromatic heterocycles. The average Bonchev–Trinajstić information content (AvgIpc) is 2.61. The van der Waals surface area contributed by atoms with Gasteiger partial charge in [-0.1, -0.05) is 38.5 Å². The molecule has 0 heterocycles. The van der Waals surface area contributed by atoms with E-state index in [0.717, 1.165) is 22.5 Å². The molecule has 0 bridgehead atoms. The van der Waals surface area contributed by atoms with Crippen LogP contribution in [0.1, 0.15) is 31.9 Å². The second-order valence-electron chi connectivity index (χ2n) is 7.76. The Hall–Kier alpha value is -2.82. The van der Waals surface area contributed by atoms with Gasteiger partial charge in [0, 0.05) is 23.8 Å². The molecule has 2 amide bonds. The number of ether oxygens (including phenoxy) is 1. The number of hydrogen-bond donors (Lipinski definition) is 1. The molecule has 1 N–H and O–H groups in total. The van der Waals surface area contributed by atoms with Crippen LogP contribution in [0, 0.1) is 19.3 Å². The third-order valence-corrected chi connectivity index (χ3v) is 4.20. The van der Waals surface area contributed by atoms with Gasteiger partial charge in [-0.15, -0.1) is 0 Å². The van der Waals surface area contributed by atoms with Crippen molar-refractivity contribution < 1.29 is 14.3 Å². The zero-order chi connectivity index (χ0) is 20.2. The molecule has 2 aromatic carbocycles. The highest BCUT2D eigenvalue weighted by atomic mass is 16.5. The molecular weight excluding hydrogens is 340 g/mol. The summed E-state index contributed by atoms with van der Waals surface area (Å²) in [6.45, 7) is 9.55. The van der Waals surface area contributed by atoms with E-state index in [9.17, 15) is 9.59 Å². The van der Waals surface area contributed by atoms with E-state index in [1.165, 1.54) is 0 Å². The fourth-order valence-corrected chi connectivity index (χ4v) is 2.68. The van der Waals surface area contributed by atoms with Gasteiger partial charge in [-0.2, -0.15) is 0 Å². The average molecular weight is 368 g/mol. The molecule has 5 nitrogen and oxygen atoms in total. The van der Waals surface area contributed by atoms with E-state index in [2.05, 4.69) is 5.32 Å². The number of nitrogens with one attached hydrogen (secondary N) is 1. The molecule has 0 aliphatic heterocycles. The molecule has 0 unspecified atom stereocenters. The van der Waals surface area contributed by atoms with E-state index in [-0.39, 0.29) is 18.4 Å². The van der Waals surface area contributed by atoms with Crippen LogP contribution in [0.4, 0.5) is 11.4 Å². The second-order valence-corrected chi connectivity index (χ2v) is 7.76. The fraction of sp³-hybridized carbons (Fsp3) is 0.364. The van der Waals surface area contributed by atoms with Gasteiger partial charge in [-0.05, 0) is 49.7 Å². The first-order valence-electron chi connectivity index (χ1n) is 8.96. The zero-order valence-electron chi connectivity index (χ0n) is 16.9. The van der Waals surface area contributed by atoms with Crippen molar-refractivity contribution in [3.05, 3.63) is 53.6 Å². The van der Waals surface area contributed by atoms with E-state index in [1.54, 1.807) is 36.2 Å². The van der Waals surface area contributed by atoms with Crippen LogP contribution < -0.4 is 15.0 Å². The Kier molecular flexibility index (Phi) is 6.26. The normalized spacial score (nSPS) is 11.0. The van der Waals surface area contributed by atoms with Crippen molar-refractivity contribution in [2.45, 2.75) is 34.6 Å². The maximum atomic E-state index is 12.3. The van der Waals surface area contributed by atoms with Crippen LogP contribution in [0.2, 0.25) is 0 Å². The summed E-state index contributed by atoms with van der Waals surface area (Å²) < 4.78 is 5.55. The number of anilines is 2. The molecular formula is C22H28N2O3. The first-order valence-corrected chi connectivity index (χ1v) is 8.96. The smallest absolute Gasteiger partial charge is 0.262 e. The standard InChI is InChI=1S/C22H28N2O3/c1-15-7-12-19(16(2)13-15)23-20(25)14-27-18-10-8-17(9-11-18)24(6)21(26)22(3,4)5/h7-13H,14H2,1-6H3,(H,23,25). The van der Waals surface area contributed by atoms with Crippen molar-refractivity contribution in [1.82, 2.24) is 0 Å². The molecule has 0 atom stereocenters. The number of rotatable bonds is 5. The van der Waals surface area contributed by atoms with Crippen molar-refractivity contribution in [2.75, 3.05) is 23.9 Å². The van der Waals surface area contributed by atoms with Crippen molar-refractivity contribution >= 4 is 23.2 Å². The Morgan fingerprint density at radius 1 is 1.04 bits per heavy atom. The van der Waals surface area contributed by atoms with Gasteiger partial charge in [0.2, 0.25) is 5.91 Å². The summed E-state index contributed by atoms with van der Waals surface area (Å²) in [5, 5.41) is 2.85. The number of carbonyl (C=O) groups excluding carboxylic acids is 2. The molecule has 144 valence electrons. The minimum absolute atomic E-state index is 0.0315. The largest absolute Gasteiger partial charge is 0.484 e. The number of amides is 2. The minimum atomic E-state index is -0.448. The molecule has 2 rings (SSSR count). The predicted molar refractivity (Wildman–Crippen MR) is 109 cm³/mol. The van der Waals surface area contributed by atoms with Crippen LogP contribution >= 0.6 is 0 Å². The SMILES string of the molecule is Cc1ccc(NC(=O)COc2ccc(N(C)C(=O)C(C)(C)C)cc2)c(C)c1. The molecule has 0 aliphatic rings. The first-order chi connectivity index (χ1) is 12.6. The number of aryl methyl sites for hydroxylation is 2. The Bertz CT molecular complexity index is 820. The number of nitrogens with zero attached hydrogens (tertiary/aromatic N) is 1. The molecule has 5 heteroatoms. The van der Waals surface area contributed by atoms with E-state index < -0.39 is 5.41 Å². The van der Waals surface area contributed by atoms with Gasteiger partial charge in [-0.25, -0.2) is 0 Å². The quantitative estimate of drug-likeness (QED) is 0.854.